The topological polar surface area (TPSA) is 62.2 Å². The van der Waals surface area contributed by atoms with Crippen molar-refractivity contribution in [3.05, 3.63) is 64.4 Å². The molecule has 0 spiro atoms. The molecule has 0 radical (unpaired) electrons. The van der Waals surface area contributed by atoms with Gasteiger partial charge in [0.25, 0.3) is 0 Å². The van der Waals surface area contributed by atoms with Crippen LogP contribution in [0.2, 0.25) is 10.0 Å². The molecule has 0 aliphatic carbocycles. The molecule has 0 fully saturated rings. The fourth-order valence-electron chi connectivity index (χ4n) is 1.92. The van der Waals surface area contributed by atoms with E-state index in [1.807, 2.05) is 24.3 Å². The van der Waals surface area contributed by atoms with E-state index in [4.69, 9.17) is 35.4 Å². The van der Waals surface area contributed by atoms with Crippen molar-refractivity contribution in [3.63, 3.8) is 0 Å². The molecule has 1 heterocycles. The minimum absolute atomic E-state index is 0.318. The summed E-state index contributed by atoms with van der Waals surface area (Å²) in [6, 6.07) is 12.7. The fraction of sp³-hybridized carbons (Fsp3) is 0. The lowest BCUT2D eigenvalue weighted by molar-refractivity contribution is 1.05. The molecule has 3 rings (SSSR count). The van der Waals surface area contributed by atoms with E-state index in [9.17, 15) is 0 Å². The number of fused-ring (bicyclic) bond motifs is 1. The second-order valence-electron chi connectivity index (χ2n) is 4.74. The van der Waals surface area contributed by atoms with Crippen LogP contribution in [0.5, 0.6) is 0 Å². The molecule has 0 atom stereocenters. The van der Waals surface area contributed by atoms with Gasteiger partial charge in [-0.2, -0.15) is 5.10 Å². The zero-order chi connectivity index (χ0) is 16.9. The van der Waals surface area contributed by atoms with Crippen LogP contribution >= 0.6 is 35.4 Å². The van der Waals surface area contributed by atoms with Gasteiger partial charge in [0, 0.05) is 5.69 Å². The van der Waals surface area contributed by atoms with Crippen LogP contribution in [-0.2, 0) is 0 Å². The number of benzene rings is 2. The smallest absolute Gasteiger partial charge is 0.191 e. The van der Waals surface area contributed by atoms with Crippen molar-refractivity contribution in [1.29, 1.82) is 0 Å². The minimum Gasteiger partial charge on any atom is -0.331 e. The van der Waals surface area contributed by atoms with E-state index >= 15 is 0 Å². The zero-order valence-corrected chi connectivity index (χ0v) is 14.5. The first-order chi connectivity index (χ1) is 11.6. The normalized spacial score (nSPS) is 10.9. The Morgan fingerprint density at radius 3 is 2.67 bits per heavy atom. The molecule has 0 saturated heterocycles. The molecular formula is C16H11Cl2N5S. The van der Waals surface area contributed by atoms with Crippen LogP contribution in [0.4, 0.5) is 5.69 Å². The summed E-state index contributed by atoms with van der Waals surface area (Å²) in [5.74, 6) is 0. The number of nitrogens with zero attached hydrogens (tertiary/aromatic N) is 3. The third-order valence-electron chi connectivity index (χ3n) is 3.01. The lowest BCUT2D eigenvalue weighted by Gasteiger charge is -2.07. The van der Waals surface area contributed by atoms with Crippen molar-refractivity contribution in [2.45, 2.75) is 0 Å². The van der Waals surface area contributed by atoms with E-state index in [0.717, 1.165) is 11.0 Å². The van der Waals surface area contributed by atoms with Crippen LogP contribution in [0.3, 0.4) is 0 Å². The van der Waals surface area contributed by atoms with Crippen LogP contribution in [0.25, 0.3) is 11.0 Å². The molecule has 3 aromatic rings. The van der Waals surface area contributed by atoms with Gasteiger partial charge in [0.05, 0.1) is 33.5 Å². The van der Waals surface area contributed by atoms with E-state index in [-0.39, 0.29) is 0 Å². The summed E-state index contributed by atoms with van der Waals surface area (Å²) in [7, 11) is 0. The van der Waals surface area contributed by atoms with Gasteiger partial charge in [0.15, 0.2) is 5.11 Å². The van der Waals surface area contributed by atoms with Gasteiger partial charge < -0.3 is 5.32 Å². The number of hydrogen-bond acceptors (Lipinski definition) is 4. The Hall–Kier alpha value is -2.28. The van der Waals surface area contributed by atoms with E-state index in [1.54, 1.807) is 30.6 Å². The summed E-state index contributed by atoms with van der Waals surface area (Å²) in [5, 5.41) is 8.24. The number of hydrogen-bond donors (Lipinski definition) is 2. The van der Waals surface area contributed by atoms with Crippen molar-refractivity contribution in [2.75, 3.05) is 5.32 Å². The van der Waals surface area contributed by atoms with Crippen molar-refractivity contribution in [1.82, 2.24) is 15.4 Å². The highest BCUT2D eigenvalue weighted by atomic mass is 35.5. The molecule has 0 bridgehead atoms. The number of para-hydroxylation sites is 2. The highest BCUT2D eigenvalue weighted by Crippen LogP contribution is 2.24. The lowest BCUT2D eigenvalue weighted by atomic mass is 10.3. The summed E-state index contributed by atoms with van der Waals surface area (Å²) in [6.45, 7) is 0. The molecule has 0 amide bonds. The maximum absolute atomic E-state index is 5.95. The molecule has 5 nitrogen and oxygen atoms in total. The molecule has 0 saturated carbocycles. The predicted molar refractivity (Wildman–Crippen MR) is 103 cm³/mol. The van der Waals surface area contributed by atoms with Crippen molar-refractivity contribution < 1.29 is 0 Å². The number of nitrogens with one attached hydrogen (secondary N) is 2. The highest BCUT2D eigenvalue weighted by Gasteiger charge is 2.01. The average molecular weight is 376 g/mol. The third-order valence-corrected chi connectivity index (χ3v) is 3.94. The summed E-state index contributed by atoms with van der Waals surface area (Å²) >= 11 is 17.0. The molecule has 8 heteroatoms. The van der Waals surface area contributed by atoms with E-state index in [2.05, 4.69) is 25.8 Å². The first kappa shape index (κ1) is 16.6. The molecule has 2 aromatic carbocycles. The first-order valence-corrected chi connectivity index (χ1v) is 8.05. The Kier molecular flexibility index (Phi) is 5.20. The number of thiocarbonyl (C=S) groups is 1. The molecular weight excluding hydrogens is 365 g/mol. The Morgan fingerprint density at radius 2 is 1.88 bits per heavy atom. The van der Waals surface area contributed by atoms with Crippen molar-refractivity contribution in [2.24, 2.45) is 5.10 Å². The van der Waals surface area contributed by atoms with Gasteiger partial charge in [-0.1, -0.05) is 35.3 Å². The Morgan fingerprint density at radius 1 is 1.08 bits per heavy atom. The summed E-state index contributed by atoms with van der Waals surface area (Å²) in [5.41, 5.74) is 5.68. The molecule has 24 heavy (non-hydrogen) atoms. The van der Waals surface area contributed by atoms with E-state index in [0.29, 0.717) is 26.5 Å². The first-order valence-electron chi connectivity index (χ1n) is 6.89. The Balaban J connectivity index is 1.62. The van der Waals surface area contributed by atoms with Gasteiger partial charge in [-0.15, -0.1) is 0 Å². The number of aromatic nitrogens is 2. The van der Waals surface area contributed by atoms with Crippen LogP contribution in [0.1, 0.15) is 5.69 Å². The van der Waals surface area contributed by atoms with Crippen molar-refractivity contribution >= 4 is 63.5 Å². The number of halogens is 2. The molecule has 0 aliphatic rings. The quantitative estimate of drug-likeness (QED) is 0.406. The number of rotatable bonds is 3. The minimum atomic E-state index is 0.318. The zero-order valence-electron chi connectivity index (χ0n) is 12.2. The standard InChI is InChI=1S/C16H11Cl2N5S/c17-12-6-5-10(7-13(12)18)22-16(24)23-20-9-11-8-19-14-3-1-2-4-15(14)21-11/h1-9H,(H2,22,23,24)/b20-9-. The van der Waals surface area contributed by atoms with Crippen LogP contribution in [-0.4, -0.2) is 21.3 Å². The van der Waals surface area contributed by atoms with Crippen LogP contribution < -0.4 is 10.7 Å². The second kappa shape index (κ2) is 7.53. The van der Waals surface area contributed by atoms with E-state index in [1.165, 1.54) is 0 Å². The molecule has 0 unspecified atom stereocenters. The summed E-state index contributed by atoms with van der Waals surface area (Å²) in [6.07, 6.45) is 3.19. The predicted octanol–water partition coefficient (Wildman–Crippen LogP) is 4.26. The maximum atomic E-state index is 5.95. The van der Waals surface area contributed by atoms with Gasteiger partial charge in [0.2, 0.25) is 0 Å². The molecule has 120 valence electrons. The third kappa shape index (κ3) is 4.17. The lowest BCUT2D eigenvalue weighted by Crippen LogP contribution is -2.23. The van der Waals surface area contributed by atoms with Gasteiger partial charge in [-0.25, -0.2) is 4.98 Å². The summed E-state index contributed by atoms with van der Waals surface area (Å²) in [4.78, 5) is 8.74. The fourth-order valence-corrected chi connectivity index (χ4v) is 2.39. The van der Waals surface area contributed by atoms with Gasteiger partial charge >= 0.3 is 0 Å². The SMILES string of the molecule is S=C(N/N=C\c1cnc2ccccc2n1)Nc1ccc(Cl)c(Cl)c1. The molecule has 0 aliphatic heterocycles. The average Bonchev–Trinajstić information content (AvgIpc) is 2.58. The molecule has 1 aromatic heterocycles. The van der Waals surface area contributed by atoms with Crippen LogP contribution in [0.15, 0.2) is 53.8 Å². The number of hydrazone groups is 1. The highest BCUT2D eigenvalue weighted by molar-refractivity contribution is 7.80. The Bertz CT molecular complexity index is 929. The van der Waals surface area contributed by atoms with E-state index < -0.39 is 0 Å². The van der Waals surface area contributed by atoms with Crippen molar-refractivity contribution in [3.8, 4) is 0 Å². The second-order valence-corrected chi connectivity index (χ2v) is 5.96. The van der Waals surface area contributed by atoms with Gasteiger partial charge in [-0.05, 0) is 42.5 Å². The largest absolute Gasteiger partial charge is 0.331 e. The number of anilines is 1. The molecule has 2 N–H and O–H groups in total. The van der Waals surface area contributed by atoms with Gasteiger partial charge in [-0.3, -0.25) is 10.4 Å². The van der Waals surface area contributed by atoms with Gasteiger partial charge in [0.1, 0.15) is 5.69 Å². The van der Waals surface area contributed by atoms with Crippen LogP contribution in [0, 0.1) is 0 Å². The monoisotopic (exact) mass is 375 g/mol. The maximum Gasteiger partial charge on any atom is 0.191 e. The summed E-state index contributed by atoms with van der Waals surface area (Å²) < 4.78 is 0. The Labute approximate surface area is 153 Å².